The van der Waals surface area contributed by atoms with E-state index in [1.807, 2.05) is 0 Å². The van der Waals surface area contributed by atoms with Crippen LogP contribution in [0.15, 0.2) is 24.3 Å². The Morgan fingerprint density at radius 1 is 0.900 bits per heavy atom. The molecule has 0 radical (unpaired) electrons. The van der Waals surface area contributed by atoms with Crippen LogP contribution in [0.3, 0.4) is 0 Å². The SMILES string of the molecule is Oc1ccccc1O.[NaH].[Ti]. The summed E-state index contributed by atoms with van der Waals surface area (Å²) in [6, 6.07) is 6.15. The molecule has 1 aromatic rings. The number of hydrogen-bond donors (Lipinski definition) is 2. The van der Waals surface area contributed by atoms with E-state index in [1.54, 1.807) is 12.1 Å². The molecule has 0 unspecified atom stereocenters. The van der Waals surface area contributed by atoms with Crippen molar-refractivity contribution in [3.63, 3.8) is 0 Å². The summed E-state index contributed by atoms with van der Waals surface area (Å²) in [6.45, 7) is 0. The van der Waals surface area contributed by atoms with Gasteiger partial charge in [-0.1, -0.05) is 12.1 Å². The van der Waals surface area contributed by atoms with Crippen molar-refractivity contribution in [1.82, 2.24) is 0 Å². The Hall–Kier alpha value is 0.534. The number of phenolic OH excluding ortho intramolecular Hbond substituents is 2. The van der Waals surface area contributed by atoms with E-state index in [9.17, 15) is 0 Å². The van der Waals surface area contributed by atoms with Gasteiger partial charge in [-0.3, -0.25) is 0 Å². The number of phenols is 2. The third-order valence-corrected chi connectivity index (χ3v) is 0.882. The summed E-state index contributed by atoms with van der Waals surface area (Å²) in [5, 5.41) is 17.3. The quantitative estimate of drug-likeness (QED) is 0.451. The molecule has 1 rings (SSSR count). The Balaban J connectivity index is 0. The second-order valence-corrected chi connectivity index (χ2v) is 1.49. The molecule has 0 saturated heterocycles. The maximum Gasteiger partial charge on any atom is 0 e. The Bertz CT molecular complexity index is 172. The van der Waals surface area contributed by atoms with Crippen molar-refractivity contribution in [3.05, 3.63) is 24.3 Å². The van der Waals surface area contributed by atoms with Crippen molar-refractivity contribution in [2.75, 3.05) is 0 Å². The molecule has 2 nitrogen and oxygen atoms in total. The van der Waals surface area contributed by atoms with Crippen molar-refractivity contribution in [1.29, 1.82) is 0 Å². The summed E-state index contributed by atoms with van der Waals surface area (Å²) in [4.78, 5) is 0. The topological polar surface area (TPSA) is 40.5 Å². The van der Waals surface area contributed by atoms with Gasteiger partial charge in [-0.25, -0.2) is 0 Å². The standard InChI is InChI=1S/C6H6O2.Na.Ti.H/c7-5-3-1-2-4-6(5)8;;;/h1-4,7-8H;;;. The first-order chi connectivity index (χ1) is 3.80. The summed E-state index contributed by atoms with van der Waals surface area (Å²) >= 11 is 0. The molecule has 48 valence electrons. The van der Waals surface area contributed by atoms with Crippen LogP contribution < -0.4 is 0 Å². The predicted molar refractivity (Wildman–Crippen MR) is 36.9 cm³/mol. The smallest absolute Gasteiger partial charge is 0 e. The summed E-state index contributed by atoms with van der Waals surface area (Å²) in [7, 11) is 0. The number of hydrogen-bond acceptors (Lipinski definition) is 2. The van der Waals surface area contributed by atoms with E-state index >= 15 is 0 Å². The average molecular weight is 182 g/mol. The molecule has 2 N–H and O–H groups in total. The molecule has 0 aromatic heterocycles. The molecule has 0 fully saturated rings. The minimum atomic E-state index is -0.0764. The second-order valence-electron chi connectivity index (χ2n) is 1.49. The largest absolute Gasteiger partial charge is 0 e. The zero-order valence-electron chi connectivity index (χ0n) is 4.70. The van der Waals surface area contributed by atoms with E-state index in [0.717, 1.165) is 0 Å². The first kappa shape index (κ1) is 13.1. The normalized spacial score (nSPS) is 7.20. The van der Waals surface area contributed by atoms with Gasteiger partial charge in [0.05, 0.1) is 0 Å². The van der Waals surface area contributed by atoms with Crippen LogP contribution in [-0.4, -0.2) is 39.8 Å². The monoisotopic (exact) mass is 182 g/mol. The van der Waals surface area contributed by atoms with Crippen molar-refractivity contribution in [2.45, 2.75) is 0 Å². The van der Waals surface area contributed by atoms with Crippen molar-refractivity contribution in [3.8, 4) is 11.5 Å². The van der Waals surface area contributed by atoms with Gasteiger partial charge in [0.2, 0.25) is 0 Å². The van der Waals surface area contributed by atoms with E-state index in [2.05, 4.69) is 0 Å². The van der Waals surface area contributed by atoms with Gasteiger partial charge in [0.15, 0.2) is 11.5 Å². The fourth-order valence-corrected chi connectivity index (χ4v) is 0.464. The maximum atomic E-state index is 8.67. The van der Waals surface area contributed by atoms with Gasteiger partial charge in [-0.2, -0.15) is 0 Å². The molecule has 0 bridgehead atoms. The summed E-state index contributed by atoms with van der Waals surface area (Å²) in [5.74, 6) is -0.153. The van der Waals surface area contributed by atoms with E-state index in [0.29, 0.717) is 0 Å². The average Bonchev–Trinajstić information content (AvgIpc) is 1.77. The first-order valence-electron chi connectivity index (χ1n) is 2.27. The number of benzene rings is 1. The van der Waals surface area contributed by atoms with E-state index in [4.69, 9.17) is 10.2 Å². The third-order valence-electron chi connectivity index (χ3n) is 0.882. The predicted octanol–water partition coefficient (Wildman–Crippen LogP) is 0.447. The number of para-hydroxylation sites is 2. The minimum Gasteiger partial charge on any atom is 0 e. The van der Waals surface area contributed by atoms with Crippen LogP contribution in [0.25, 0.3) is 0 Å². The van der Waals surface area contributed by atoms with E-state index in [-0.39, 0.29) is 62.8 Å². The van der Waals surface area contributed by atoms with Gasteiger partial charge in [-0.15, -0.1) is 0 Å². The van der Waals surface area contributed by atoms with Gasteiger partial charge in [0, 0.05) is 21.7 Å². The van der Waals surface area contributed by atoms with E-state index in [1.165, 1.54) is 12.1 Å². The van der Waals surface area contributed by atoms with Crippen molar-refractivity contribution >= 4 is 29.6 Å². The zero-order valence-corrected chi connectivity index (χ0v) is 6.27. The van der Waals surface area contributed by atoms with Crippen LogP contribution in [0.5, 0.6) is 11.5 Å². The van der Waals surface area contributed by atoms with Gasteiger partial charge < -0.3 is 10.2 Å². The summed E-state index contributed by atoms with van der Waals surface area (Å²) in [6.07, 6.45) is 0. The van der Waals surface area contributed by atoms with Crippen LogP contribution in [0.4, 0.5) is 0 Å². The molecule has 0 aliphatic rings. The molecule has 0 aliphatic carbocycles. The second kappa shape index (κ2) is 6.26. The van der Waals surface area contributed by atoms with Crippen LogP contribution >= 0.6 is 0 Å². The first-order valence-corrected chi connectivity index (χ1v) is 2.27. The van der Waals surface area contributed by atoms with Crippen LogP contribution in [0, 0.1) is 0 Å². The van der Waals surface area contributed by atoms with Gasteiger partial charge >= 0.3 is 29.6 Å². The van der Waals surface area contributed by atoms with Crippen LogP contribution in [-0.2, 0) is 21.7 Å². The summed E-state index contributed by atoms with van der Waals surface area (Å²) < 4.78 is 0. The fraction of sp³-hybridized carbons (Fsp3) is 0. The zero-order chi connectivity index (χ0) is 5.98. The Labute approximate surface area is 96.4 Å². The molecule has 0 atom stereocenters. The number of rotatable bonds is 0. The molecular formula is C6H7NaO2Ti. The molecule has 4 heteroatoms. The number of aromatic hydroxyl groups is 2. The molecular weight excluding hydrogens is 175 g/mol. The molecule has 0 saturated carbocycles. The fourth-order valence-electron chi connectivity index (χ4n) is 0.464. The van der Waals surface area contributed by atoms with Crippen molar-refractivity contribution in [2.24, 2.45) is 0 Å². The summed E-state index contributed by atoms with van der Waals surface area (Å²) in [5.41, 5.74) is 0. The molecule has 10 heavy (non-hydrogen) atoms. The Morgan fingerprint density at radius 2 is 1.20 bits per heavy atom. The third kappa shape index (κ3) is 3.64. The molecule has 0 aliphatic heterocycles. The van der Waals surface area contributed by atoms with Crippen molar-refractivity contribution < 1.29 is 31.9 Å². The molecule has 0 amide bonds. The molecule has 0 heterocycles. The Kier molecular flexibility index (Phi) is 8.23. The van der Waals surface area contributed by atoms with Gasteiger partial charge in [0.25, 0.3) is 0 Å². The maximum absolute atomic E-state index is 8.67. The molecule has 1 aromatic carbocycles. The van der Waals surface area contributed by atoms with Gasteiger partial charge in [0.1, 0.15) is 0 Å². The Morgan fingerprint density at radius 3 is 1.40 bits per heavy atom. The van der Waals surface area contributed by atoms with Crippen LogP contribution in [0.1, 0.15) is 0 Å². The minimum absolute atomic E-state index is 0. The molecule has 0 spiro atoms. The van der Waals surface area contributed by atoms with Crippen LogP contribution in [0.2, 0.25) is 0 Å². The van der Waals surface area contributed by atoms with Gasteiger partial charge in [-0.05, 0) is 12.1 Å². The van der Waals surface area contributed by atoms with E-state index < -0.39 is 0 Å².